The van der Waals surface area contributed by atoms with Gasteiger partial charge in [0.15, 0.2) is 0 Å². The largest absolute Gasteiger partial charge is 0.335 e. The average Bonchev–Trinajstić information content (AvgIpc) is 2.69. The molecule has 1 aliphatic heterocycles. The minimum Gasteiger partial charge on any atom is -0.335 e. The van der Waals surface area contributed by atoms with Crippen molar-refractivity contribution in [2.24, 2.45) is 0 Å². The van der Waals surface area contributed by atoms with E-state index in [-0.39, 0.29) is 5.91 Å². The molecule has 4 nitrogen and oxygen atoms in total. The molecule has 0 radical (unpaired) electrons. The molecule has 4 heteroatoms. The first-order valence-corrected chi connectivity index (χ1v) is 9.12. The molecule has 0 aliphatic carbocycles. The van der Waals surface area contributed by atoms with Crippen molar-refractivity contribution in [3.05, 3.63) is 77.6 Å². The van der Waals surface area contributed by atoms with E-state index < -0.39 is 0 Å². The molecule has 0 bridgehead atoms. The SMILES string of the molecule is Cc1cnc(C(=O)N2CCN(Cc3ccccc3)CC2)c2ccccc12. The summed E-state index contributed by atoms with van der Waals surface area (Å²) in [5.41, 5.74) is 2.99. The summed E-state index contributed by atoms with van der Waals surface area (Å²) in [4.78, 5) is 21.8. The zero-order chi connectivity index (χ0) is 17.9. The molecular formula is C22H23N3O. The van der Waals surface area contributed by atoms with E-state index in [1.807, 2.05) is 36.1 Å². The Hall–Kier alpha value is -2.72. The summed E-state index contributed by atoms with van der Waals surface area (Å²) in [6.07, 6.45) is 1.81. The van der Waals surface area contributed by atoms with E-state index >= 15 is 0 Å². The summed E-state index contributed by atoms with van der Waals surface area (Å²) in [6.45, 7) is 6.25. The van der Waals surface area contributed by atoms with E-state index in [0.717, 1.165) is 49.1 Å². The van der Waals surface area contributed by atoms with Crippen LogP contribution in [0, 0.1) is 6.92 Å². The quantitative estimate of drug-likeness (QED) is 0.729. The predicted molar refractivity (Wildman–Crippen MR) is 104 cm³/mol. The summed E-state index contributed by atoms with van der Waals surface area (Å²) in [5, 5.41) is 2.05. The normalized spacial score (nSPS) is 15.3. The highest BCUT2D eigenvalue weighted by atomic mass is 16.2. The number of carbonyl (C=O) groups excluding carboxylic acids is 1. The number of aromatic nitrogens is 1. The number of piperazine rings is 1. The van der Waals surface area contributed by atoms with E-state index in [1.165, 1.54) is 5.56 Å². The lowest BCUT2D eigenvalue weighted by molar-refractivity contribution is 0.0625. The molecule has 1 aromatic heterocycles. The molecule has 1 amide bonds. The zero-order valence-electron chi connectivity index (χ0n) is 15.1. The molecule has 4 rings (SSSR count). The monoisotopic (exact) mass is 345 g/mol. The van der Waals surface area contributed by atoms with Gasteiger partial charge in [-0.15, -0.1) is 0 Å². The van der Waals surface area contributed by atoms with Crippen LogP contribution in [0.5, 0.6) is 0 Å². The van der Waals surface area contributed by atoms with Crippen molar-refractivity contribution in [1.82, 2.24) is 14.8 Å². The summed E-state index contributed by atoms with van der Waals surface area (Å²) >= 11 is 0. The third-order valence-corrected chi connectivity index (χ3v) is 5.11. The number of amides is 1. The first kappa shape index (κ1) is 16.7. The van der Waals surface area contributed by atoms with E-state index in [4.69, 9.17) is 0 Å². The van der Waals surface area contributed by atoms with E-state index in [2.05, 4.69) is 40.2 Å². The standard InChI is InChI=1S/C22H23N3O/c1-17-15-23-21(20-10-6-5-9-19(17)20)22(26)25-13-11-24(12-14-25)16-18-7-3-2-4-8-18/h2-10,15H,11-14,16H2,1H3. The first-order valence-electron chi connectivity index (χ1n) is 9.12. The lowest BCUT2D eigenvalue weighted by Gasteiger charge is -2.34. The van der Waals surface area contributed by atoms with Gasteiger partial charge in [0.25, 0.3) is 5.91 Å². The van der Waals surface area contributed by atoms with Crippen LogP contribution in [0.15, 0.2) is 60.8 Å². The zero-order valence-corrected chi connectivity index (χ0v) is 15.1. The Labute approximate surface area is 154 Å². The van der Waals surface area contributed by atoms with Gasteiger partial charge in [-0.2, -0.15) is 0 Å². The van der Waals surface area contributed by atoms with Gasteiger partial charge in [0.05, 0.1) is 0 Å². The molecule has 0 saturated carbocycles. The number of benzene rings is 2. The summed E-state index contributed by atoms with van der Waals surface area (Å²) in [6, 6.07) is 18.5. The van der Waals surface area contributed by atoms with Crippen molar-refractivity contribution in [2.45, 2.75) is 13.5 Å². The van der Waals surface area contributed by atoms with Crippen LogP contribution in [0.1, 0.15) is 21.6 Å². The molecule has 0 spiro atoms. The molecule has 0 unspecified atom stereocenters. The Morgan fingerprint density at radius 2 is 1.58 bits per heavy atom. The number of hydrogen-bond donors (Lipinski definition) is 0. The fourth-order valence-corrected chi connectivity index (χ4v) is 3.60. The average molecular weight is 345 g/mol. The summed E-state index contributed by atoms with van der Waals surface area (Å²) in [7, 11) is 0. The van der Waals surface area contributed by atoms with Crippen molar-refractivity contribution < 1.29 is 4.79 Å². The maximum atomic E-state index is 13.0. The molecule has 1 saturated heterocycles. The third-order valence-electron chi connectivity index (χ3n) is 5.11. The van der Waals surface area contributed by atoms with Crippen molar-refractivity contribution in [3.8, 4) is 0 Å². The number of rotatable bonds is 3. The van der Waals surface area contributed by atoms with Gasteiger partial charge >= 0.3 is 0 Å². The van der Waals surface area contributed by atoms with Gasteiger partial charge in [-0.1, -0.05) is 54.6 Å². The molecule has 2 heterocycles. The van der Waals surface area contributed by atoms with Crippen LogP contribution in [-0.2, 0) is 6.54 Å². The second kappa shape index (κ2) is 7.26. The number of carbonyl (C=O) groups is 1. The van der Waals surface area contributed by atoms with Gasteiger partial charge in [0.2, 0.25) is 0 Å². The van der Waals surface area contributed by atoms with Gasteiger partial charge in [-0.3, -0.25) is 14.7 Å². The van der Waals surface area contributed by atoms with E-state index in [9.17, 15) is 4.79 Å². The van der Waals surface area contributed by atoms with Crippen LogP contribution in [0.3, 0.4) is 0 Å². The second-order valence-electron chi connectivity index (χ2n) is 6.89. The Kier molecular flexibility index (Phi) is 4.67. The third kappa shape index (κ3) is 3.33. The lowest BCUT2D eigenvalue weighted by atomic mass is 10.0. The van der Waals surface area contributed by atoms with Gasteiger partial charge in [-0.25, -0.2) is 0 Å². The van der Waals surface area contributed by atoms with E-state index in [1.54, 1.807) is 6.20 Å². The van der Waals surface area contributed by atoms with Crippen LogP contribution in [0.4, 0.5) is 0 Å². The summed E-state index contributed by atoms with van der Waals surface area (Å²) < 4.78 is 0. The van der Waals surface area contributed by atoms with Gasteiger partial charge < -0.3 is 4.90 Å². The Morgan fingerprint density at radius 3 is 2.31 bits per heavy atom. The molecule has 0 atom stereocenters. The minimum atomic E-state index is 0.0422. The van der Waals surface area contributed by atoms with Crippen LogP contribution >= 0.6 is 0 Å². The Morgan fingerprint density at radius 1 is 0.923 bits per heavy atom. The fraction of sp³-hybridized carbons (Fsp3) is 0.273. The fourth-order valence-electron chi connectivity index (χ4n) is 3.60. The highest BCUT2D eigenvalue weighted by molar-refractivity contribution is 6.05. The van der Waals surface area contributed by atoms with Crippen LogP contribution < -0.4 is 0 Å². The minimum absolute atomic E-state index is 0.0422. The number of fused-ring (bicyclic) bond motifs is 1. The number of hydrogen-bond acceptors (Lipinski definition) is 3. The molecule has 2 aromatic carbocycles. The smallest absolute Gasteiger partial charge is 0.273 e. The van der Waals surface area contributed by atoms with Gasteiger partial charge in [0.1, 0.15) is 5.69 Å². The first-order chi connectivity index (χ1) is 12.7. The van der Waals surface area contributed by atoms with Crippen molar-refractivity contribution in [1.29, 1.82) is 0 Å². The number of nitrogens with zero attached hydrogens (tertiary/aromatic N) is 3. The molecular weight excluding hydrogens is 322 g/mol. The van der Waals surface area contributed by atoms with Crippen molar-refractivity contribution in [2.75, 3.05) is 26.2 Å². The lowest BCUT2D eigenvalue weighted by Crippen LogP contribution is -2.48. The maximum absolute atomic E-state index is 13.0. The second-order valence-corrected chi connectivity index (χ2v) is 6.89. The van der Waals surface area contributed by atoms with Crippen LogP contribution in [0.2, 0.25) is 0 Å². The molecule has 132 valence electrons. The number of aryl methyl sites for hydroxylation is 1. The Balaban J connectivity index is 1.47. The predicted octanol–water partition coefficient (Wildman–Crippen LogP) is 3.50. The molecule has 1 fully saturated rings. The molecule has 3 aromatic rings. The van der Waals surface area contributed by atoms with Gasteiger partial charge in [0, 0.05) is 44.3 Å². The number of pyridine rings is 1. The molecule has 0 N–H and O–H groups in total. The highest BCUT2D eigenvalue weighted by Gasteiger charge is 2.24. The van der Waals surface area contributed by atoms with E-state index in [0.29, 0.717) is 5.69 Å². The maximum Gasteiger partial charge on any atom is 0.273 e. The van der Waals surface area contributed by atoms with Crippen molar-refractivity contribution >= 4 is 16.7 Å². The van der Waals surface area contributed by atoms with Crippen LogP contribution in [-0.4, -0.2) is 46.9 Å². The molecule has 1 aliphatic rings. The Bertz CT molecular complexity index is 915. The highest BCUT2D eigenvalue weighted by Crippen LogP contribution is 2.22. The molecule has 26 heavy (non-hydrogen) atoms. The van der Waals surface area contributed by atoms with Crippen LogP contribution in [0.25, 0.3) is 10.8 Å². The summed E-state index contributed by atoms with van der Waals surface area (Å²) in [5.74, 6) is 0.0422. The topological polar surface area (TPSA) is 36.4 Å². The van der Waals surface area contributed by atoms with Crippen molar-refractivity contribution in [3.63, 3.8) is 0 Å². The van der Waals surface area contributed by atoms with Gasteiger partial charge in [-0.05, 0) is 23.4 Å².